The van der Waals surface area contributed by atoms with Crippen LogP contribution in [0.25, 0.3) is 0 Å². The molecular weight excluding hydrogens is 290 g/mol. The summed E-state index contributed by atoms with van der Waals surface area (Å²) in [5, 5.41) is 3.98. The summed E-state index contributed by atoms with van der Waals surface area (Å²) in [7, 11) is 0. The Bertz CT molecular complexity index is 535. The molecule has 0 aromatic carbocycles. The molecule has 2 saturated heterocycles. The van der Waals surface area contributed by atoms with E-state index in [1.165, 1.54) is 19.4 Å². The fourth-order valence-corrected chi connectivity index (χ4v) is 4.42. The van der Waals surface area contributed by atoms with Gasteiger partial charge in [0, 0.05) is 30.6 Å². The largest absolute Gasteiger partial charge is 0.361 e. The van der Waals surface area contributed by atoms with E-state index in [-0.39, 0.29) is 0 Å². The normalized spacial score (nSPS) is 25.4. The summed E-state index contributed by atoms with van der Waals surface area (Å²) in [6.07, 6.45) is 6.14. The SMILES string of the molecule is CCN1CCCC1C1CCCN1C(=O)CCc1c(C)noc1C. The molecule has 0 radical (unpaired) electrons. The molecule has 1 aromatic heterocycles. The van der Waals surface area contributed by atoms with Crippen LogP contribution in [0.3, 0.4) is 0 Å². The number of amides is 1. The third kappa shape index (κ3) is 3.30. The number of carbonyl (C=O) groups is 1. The van der Waals surface area contributed by atoms with Gasteiger partial charge in [-0.3, -0.25) is 9.69 Å². The Kier molecular flexibility index (Phi) is 5.05. The van der Waals surface area contributed by atoms with Crippen LogP contribution < -0.4 is 0 Å². The van der Waals surface area contributed by atoms with E-state index >= 15 is 0 Å². The molecule has 1 amide bonds. The quantitative estimate of drug-likeness (QED) is 0.837. The second-order valence-corrected chi connectivity index (χ2v) is 6.94. The van der Waals surface area contributed by atoms with Crippen LogP contribution in [0.1, 0.15) is 56.0 Å². The molecule has 23 heavy (non-hydrogen) atoms. The van der Waals surface area contributed by atoms with Gasteiger partial charge < -0.3 is 9.42 Å². The number of aryl methyl sites for hydroxylation is 2. The number of hydrogen-bond donors (Lipinski definition) is 0. The van der Waals surface area contributed by atoms with Gasteiger partial charge in [0.2, 0.25) is 5.91 Å². The van der Waals surface area contributed by atoms with Crippen molar-refractivity contribution < 1.29 is 9.32 Å². The van der Waals surface area contributed by atoms with Gasteiger partial charge in [-0.2, -0.15) is 0 Å². The molecule has 2 atom stereocenters. The maximum Gasteiger partial charge on any atom is 0.223 e. The van der Waals surface area contributed by atoms with Gasteiger partial charge >= 0.3 is 0 Å². The third-order valence-corrected chi connectivity index (χ3v) is 5.65. The highest BCUT2D eigenvalue weighted by Gasteiger charge is 2.38. The van der Waals surface area contributed by atoms with Gasteiger partial charge in [-0.15, -0.1) is 0 Å². The molecule has 2 fully saturated rings. The van der Waals surface area contributed by atoms with Crippen molar-refractivity contribution in [3.05, 3.63) is 17.0 Å². The van der Waals surface area contributed by atoms with Crippen molar-refractivity contribution >= 4 is 5.91 Å². The maximum absolute atomic E-state index is 12.8. The zero-order valence-corrected chi connectivity index (χ0v) is 14.7. The van der Waals surface area contributed by atoms with Crippen molar-refractivity contribution in [2.24, 2.45) is 0 Å². The van der Waals surface area contributed by atoms with Crippen LogP contribution in [0.15, 0.2) is 4.52 Å². The maximum atomic E-state index is 12.8. The first-order valence-electron chi connectivity index (χ1n) is 9.07. The summed E-state index contributed by atoms with van der Waals surface area (Å²) in [5.74, 6) is 1.15. The Morgan fingerprint density at radius 1 is 1.22 bits per heavy atom. The zero-order chi connectivity index (χ0) is 16.4. The number of likely N-dealkylation sites (tertiary alicyclic amines) is 2. The molecule has 0 spiro atoms. The highest BCUT2D eigenvalue weighted by Crippen LogP contribution is 2.30. The second kappa shape index (κ2) is 7.04. The van der Waals surface area contributed by atoms with Crippen molar-refractivity contribution in [1.82, 2.24) is 15.0 Å². The van der Waals surface area contributed by atoms with Gasteiger partial charge in [0.1, 0.15) is 5.76 Å². The summed E-state index contributed by atoms with van der Waals surface area (Å²) in [4.78, 5) is 17.5. The van der Waals surface area contributed by atoms with Gasteiger partial charge in [0.05, 0.1) is 5.69 Å². The highest BCUT2D eigenvalue weighted by atomic mass is 16.5. The minimum absolute atomic E-state index is 0.301. The molecule has 0 aliphatic carbocycles. The molecule has 1 aromatic rings. The van der Waals surface area contributed by atoms with E-state index in [1.807, 2.05) is 13.8 Å². The fourth-order valence-electron chi connectivity index (χ4n) is 4.42. The first-order chi connectivity index (χ1) is 11.1. The van der Waals surface area contributed by atoms with Crippen LogP contribution in [0.5, 0.6) is 0 Å². The molecule has 5 heteroatoms. The summed E-state index contributed by atoms with van der Waals surface area (Å²) in [5.41, 5.74) is 2.02. The van der Waals surface area contributed by atoms with Gasteiger partial charge in [-0.25, -0.2) is 0 Å². The van der Waals surface area contributed by atoms with Crippen molar-refractivity contribution in [1.29, 1.82) is 0 Å². The molecule has 3 rings (SSSR count). The van der Waals surface area contributed by atoms with Crippen molar-refractivity contribution in [3.8, 4) is 0 Å². The predicted octanol–water partition coefficient (Wildman–Crippen LogP) is 2.70. The first kappa shape index (κ1) is 16.5. The molecule has 2 aliphatic rings. The number of carbonyl (C=O) groups excluding carboxylic acids is 1. The number of hydrogen-bond acceptors (Lipinski definition) is 4. The van der Waals surface area contributed by atoms with Crippen LogP contribution in [-0.2, 0) is 11.2 Å². The van der Waals surface area contributed by atoms with Crippen molar-refractivity contribution in [2.75, 3.05) is 19.6 Å². The predicted molar refractivity (Wildman–Crippen MR) is 89.3 cm³/mol. The molecule has 2 aliphatic heterocycles. The smallest absolute Gasteiger partial charge is 0.223 e. The Morgan fingerprint density at radius 2 is 1.96 bits per heavy atom. The van der Waals surface area contributed by atoms with Crippen LogP contribution in [0.2, 0.25) is 0 Å². The topological polar surface area (TPSA) is 49.6 Å². The van der Waals surface area contributed by atoms with Crippen LogP contribution in [0, 0.1) is 13.8 Å². The number of aromatic nitrogens is 1. The lowest BCUT2D eigenvalue weighted by Crippen LogP contribution is -2.48. The van der Waals surface area contributed by atoms with Gasteiger partial charge in [-0.1, -0.05) is 12.1 Å². The lowest BCUT2D eigenvalue weighted by Gasteiger charge is -2.34. The average Bonchev–Trinajstić information content (AvgIpc) is 3.25. The fraction of sp³-hybridized carbons (Fsp3) is 0.778. The Hall–Kier alpha value is -1.36. The standard InChI is InChI=1S/C18H29N3O2/c1-4-20-11-5-7-16(20)17-8-6-12-21(17)18(22)10-9-15-13(2)19-23-14(15)3/h16-17H,4-12H2,1-3H3. The van der Waals surface area contributed by atoms with E-state index in [4.69, 9.17) is 4.52 Å². The lowest BCUT2D eigenvalue weighted by atomic mass is 10.0. The van der Waals surface area contributed by atoms with Crippen LogP contribution in [-0.4, -0.2) is 52.6 Å². The Morgan fingerprint density at radius 3 is 2.65 bits per heavy atom. The molecule has 0 bridgehead atoms. The molecule has 5 nitrogen and oxygen atoms in total. The summed E-state index contributed by atoms with van der Waals surface area (Å²) in [6.45, 7) is 9.33. The number of nitrogens with zero attached hydrogens (tertiary/aromatic N) is 3. The molecule has 128 valence electrons. The number of rotatable bonds is 5. The van der Waals surface area contributed by atoms with E-state index in [2.05, 4.69) is 21.9 Å². The summed E-state index contributed by atoms with van der Waals surface area (Å²) >= 11 is 0. The molecular formula is C18H29N3O2. The van der Waals surface area contributed by atoms with E-state index in [1.54, 1.807) is 0 Å². The van der Waals surface area contributed by atoms with E-state index in [0.29, 0.717) is 24.4 Å². The second-order valence-electron chi connectivity index (χ2n) is 6.94. The monoisotopic (exact) mass is 319 g/mol. The van der Waals surface area contributed by atoms with E-state index in [9.17, 15) is 4.79 Å². The lowest BCUT2D eigenvalue weighted by molar-refractivity contribution is -0.133. The summed E-state index contributed by atoms with van der Waals surface area (Å²) < 4.78 is 5.20. The van der Waals surface area contributed by atoms with Crippen LogP contribution in [0.4, 0.5) is 0 Å². The molecule has 0 N–H and O–H groups in total. The zero-order valence-electron chi connectivity index (χ0n) is 14.7. The van der Waals surface area contributed by atoms with Gasteiger partial charge in [0.25, 0.3) is 0 Å². The molecule has 3 heterocycles. The van der Waals surface area contributed by atoms with Gasteiger partial charge in [-0.05, 0) is 59.0 Å². The molecule has 2 unspecified atom stereocenters. The minimum Gasteiger partial charge on any atom is -0.361 e. The van der Waals surface area contributed by atoms with Crippen molar-refractivity contribution in [2.45, 2.75) is 71.4 Å². The van der Waals surface area contributed by atoms with E-state index in [0.717, 1.165) is 49.4 Å². The molecule has 0 saturated carbocycles. The first-order valence-corrected chi connectivity index (χ1v) is 9.07. The highest BCUT2D eigenvalue weighted by molar-refractivity contribution is 5.77. The van der Waals surface area contributed by atoms with E-state index < -0.39 is 0 Å². The van der Waals surface area contributed by atoms with Crippen molar-refractivity contribution in [3.63, 3.8) is 0 Å². The Balaban J connectivity index is 1.62. The number of likely N-dealkylation sites (N-methyl/N-ethyl adjacent to an activating group) is 1. The Labute approximate surface area is 139 Å². The average molecular weight is 319 g/mol. The van der Waals surface area contributed by atoms with Gasteiger partial charge in [0.15, 0.2) is 0 Å². The third-order valence-electron chi connectivity index (χ3n) is 5.65. The van der Waals surface area contributed by atoms with Crippen LogP contribution >= 0.6 is 0 Å². The minimum atomic E-state index is 0.301. The summed E-state index contributed by atoms with van der Waals surface area (Å²) in [6, 6.07) is 1.00.